The Balaban J connectivity index is 1.83. The summed E-state index contributed by atoms with van der Waals surface area (Å²) < 4.78 is 16.1. The summed E-state index contributed by atoms with van der Waals surface area (Å²) in [5.74, 6) is 0.597. The Labute approximate surface area is 112 Å². The number of hydrogen-bond donors (Lipinski definition) is 0. The number of hydrogen-bond acceptors (Lipinski definition) is 4. The van der Waals surface area contributed by atoms with Crippen LogP contribution in [0, 0.1) is 0 Å². The maximum absolute atomic E-state index is 12.0. The first kappa shape index (κ1) is 12.5. The van der Waals surface area contributed by atoms with Gasteiger partial charge in [-0.25, -0.2) is 0 Å². The molecule has 0 spiro atoms. The molecule has 1 aromatic rings. The number of epoxide rings is 1. The van der Waals surface area contributed by atoms with E-state index in [9.17, 15) is 4.79 Å². The predicted molar refractivity (Wildman–Crippen MR) is 69.2 cm³/mol. The largest absolute Gasteiger partial charge is 0.490 e. The summed E-state index contributed by atoms with van der Waals surface area (Å²) in [4.78, 5) is 12.0. The molecule has 1 atom stereocenters. The molecule has 1 saturated carbocycles. The maximum atomic E-state index is 12.0. The van der Waals surface area contributed by atoms with Gasteiger partial charge >= 0.3 is 5.97 Å². The Kier molecular flexibility index (Phi) is 2.78. The Morgan fingerprint density at radius 1 is 1.37 bits per heavy atom. The molecule has 0 radical (unpaired) electrons. The van der Waals surface area contributed by atoms with Crippen LogP contribution in [0.4, 0.5) is 0 Å². The molecule has 1 saturated heterocycles. The first-order valence-corrected chi connectivity index (χ1v) is 6.54. The van der Waals surface area contributed by atoms with Gasteiger partial charge in [0.05, 0.1) is 19.1 Å². The summed E-state index contributed by atoms with van der Waals surface area (Å²) in [5, 5.41) is 0. The number of rotatable bonds is 5. The Bertz CT molecular complexity index is 501. The number of benzene rings is 1. The first-order chi connectivity index (χ1) is 9.10. The van der Waals surface area contributed by atoms with E-state index in [0.29, 0.717) is 6.61 Å². The predicted octanol–water partition coefficient (Wildman–Crippen LogP) is 2.06. The molecule has 19 heavy (non-hydrogen) atoms. The molecular weight excluding hydrogens is 244 g/mol. The second kappa shape index (κ2) is 4.23. The van der Waals surface area contributed by atoms with Crippen LogP contribution in [-0.2, 0) is 19.7 Å². The van der Waals surface area contributed by atoms with E-state index in [1.54, 1.807) is 0 Å². The van der Waals surface area contributed by atoms with Gasteiger partial charge in [0.15, 0.2) is 0 Å². The molecule has 102 valence electrons. The monoisotopic (exact) mass is 262 g/mol. The summed E-state index contributed by atoms with van der Waals surface area (Å²) in [7, 11) is 1.44. The Morgan fingerprint density at radius 3 is 2.63 bits per heavy atom. The zero-order valence-electron chi connectivity index (χ0n) is 11.3. The lowest BCUT2D eigenvalue weighted by Crippen LogP contribution is -2.24. The molecule has 1 heterocycles. The average Bonchev–Trinajstić information content (AvgIpc) is 3.33. The molecule has 2 fully saturated rings. The molecule has 3 rings (SSSR count). The van der Waals surface area contributed by atoms with E-state index >= 15 is 0 Å². The van der Waals surface area contributed by atoms with Crippen molar-refractivity contribution < 1.29 is 19.0 Å². The zero-order valence-corrected chi connectivity index (χ0v) is 11.3. The molecule has 4 heteroatoms. The van der Waals surface area contributed by atoms with Gasteiger partial charge in [-0.3, -0.25) is 4.79 Å². The van der Waals surface area contributed by atoms with Crippen LogP contribution in [0.1, 0.15) is 25.3 Å². The summed E-state index contributed by atoms with van der Waals surface area (Å²) >= 11 is 0. The topological polar surface area (TPSA) is 48.1 Å². The molecule has 0 bridgehead atoms. The first-order valence-electron chi connectivity index (χ1n) is 6.54. The van der Waals surface area contributed by atoms with Crippen LogP contribution in [0.5, 0.6) is 5.75 Å². The molecule has 0 N–H and O–H groups in total. The highest BCUT2D eigenvalue weighted by Crippen LogP contribution is 2.52. The highest BCUT2D eigenvalue weighted by molar-refractivity contribution is 5.87. The lowest BCUT2D eigenvalue weighted by molar-refractivity contribution is -0.143. The van der Waals surface area contributed by atoms with Crippen LogP contribution in [0.25, 0.3) is 0 Å². The fourth-order valence-electron chi connectivity index (χ4n) is 2.33. The van der Waals surface area contributed by atoms with Crippen LogP contribution in [0.3, 0.4) is 0 Å². The van der Waals surface area contributed by atoms with Gasteiger partial charge in [0, 0.05) is 5.56 Å². The van der Waals surface area contributed by atoms with E-state index in [1.807, 2.05) is 31.2 Å². The second-order valence-electron chi connectivity index (χ2n) is 5.60. The third-order valence-electron chi connectivity index (χ3n) is 3.90. The third-order valence-corrected chi connectivity index (χ3v) is 3.90. The van der Waals surface area contributed by atoms with Crippen molar-refractivity contribution in [1.29, 1.82) is 0 Å². The van der Waals surface area contributed by atoms with E-state index in [2.05, 4.69) is 0 Å². The molecule has 0 aromatic heterocycles. The van der Waals surface area contributed by atoms with Crippen molar-refractivity contribution in [3.8, 4) is 5.75 Å². The number of esters is 1. The van der Waals surface area contributed by atoms with Gasteiger partial charge in [0.1, 0.15) is 18.0 Å². The summed E-state index contributed by atoms with van der Waals surface area (Å²) in [6.07, 6.45) is 1.65. The highest BCUT2D eigenvalue weighted by atomic mass is 16.6. The Morgan fingerprint density at radius 2 is 2.05 bits per heavy atom. The van der Waals surface area contributed by atoms with Crippen molar-refractivity contribution in [2.75, 3.05) is 20.3 Å². The molecule has 0 unspecified atom stereocenters. The molecule has 1 aliphatic heterocycles. The standard InChI is InChI=1S/C15H18O4/c1-14(10-19-14)9-18-12-6-4-3-5-11(12)15(7-8-15)13(16)17-2/h3-6H,7-10H2,1-2H3/t14-/m1/s1. The van der Waals surface area contributed by atoms with Crippen molar-refractivity contribution in [3.63, 3.8) is 0 Å². The van der Waals surface area contributed by atoms with Crippen LogP contribution in [0.2, 0.25) is 0 Å². The number of carbonyl (C=O) groups excluding carboxylic acids is 1. The van der Waals surface area contributed by atoms with E-state index in [4.69, 9.17) is 14.2 Å². The lowest BCUT2D eigenvalue weighted by Gasteiger charge is -2.18. The molecule has 4 nitrogen and oxygen atoms in total. The van der Waals surface area contributed by atoms with Crippen molar-refractivity contribution in [2.45, 2.75) is 30.8 Å². The van der Waals surface area contributed by atoms with Gasteiger partial charge in [0.2, 0.25) is 0 Å². The SMILES string of the molecule is COC(=O)C1(c2ccccc2OC[C@]2(C)CO2)CC1. The van der Waals surface area contributed by atoms with E-state index in [0.717, 1.165) is 30.8 Å². The molecular formula is C15H18O4. The van der Waals surface area contributed by atoms with Gasteiger partial charge < -0.3 is 14.2 Å². The summed E-state index contributed by atoms with van der Waals surface area (Å²) in [6, 6.07) is 7.71. The summed E-state index contributed by atoms with van der Waals surface area (Å²) in [6.45, 7) is 3.27. The fraction of sp³-hybridized carbons (Fsp3) is 0.533. The minimum Gasteiger partial charge on any atom is -0.490 e. The van der Waals surface area contributed by atoms with Crippen molar-refractivity contribution in [1.82, 2.24) is 0 Å². The minimum absolute atomic E-state index is 0.158. The average molecular weight is 262 g/mol. The van der Waals surface area contributed by atoms with Gasteiger partial charge in [-0.1, -0.05) is 18.2 Å². The minimum atomic E-state index is -0.489. The van der Waals surface area contributed by atoms with Crippen molar-refractivity contribution in [2.24, 2.45) is 0 Å². The lowest BCUT2D eigenvalue weighted by atomic mass is 9.95. The highest BCUT2D eigenvalue weighted by Gasteiger charge is 2.54. The number of ether oxygens (including phenoxy) is 3. The van der Waals surface area contributed by atoms with Crippen LogP contribution < -0.4 is 4.74 Å². The van der Waals surface area contributed by atoms with Crippen molar-refractivity contribution >= 4 is 5.97 Å². The van der Waals surface area contributed by atoms with Crippen LogP contribution in [0.15, 0.2) is 24.3 Å². The van der Waals surface area contributed by atoms with Crippen molar-refractivity contribution in [3.05, 3.63) is 29.8 Å². The van der Waals surface area contributed by atoms with E-state index in [-0.39, 0.29) is 11.6 Å². The van der Waals surface area contributed by atoms with Gasteiger partial charge in [-0.05, 0) is 25.8 Å². The van der Waals surface area contributed by atoms with Crippen LogP contribution in [-0.4, -0.2) is 31.9 Å². The second-order valence-corrected chi connectivity index (χ2v) is 5.60. The third kappa shape index (κ3) is 2.21. The maximum Gasteiger partial charge on any atom is 0.316 e. The van der Waals surface area contributed by atoms with Gasteiger partial charge in [0.25, 0.3) is 0 Å². The zero-order chi connectivity index (χ0) is 13.5. The molecule has 2 aliphatic rings. The van der Waals surface area contributed by atoms with E-state index < -0.39 is 5.41 Å². The molecule has 1 aromatic carbocycles. The van der Waals surface area contributed by atoms with Gasteiger partial charge in [-0.15, -0.1) is 0 Å². The number of methoxy groups -OCH3 is 1. The quantitative estimate of drug-likeness (QED) is 0.602. The fourth-order valence-corrected chi connectivity index (χ4v) is 2.33. The van der Waals surface area contributed by atoms with E-state index in [1.165, 1.54) is 7.11 Å². The Hall–Kier alpha value is -1.55. The smallest absolute Gasteiger partial charge is 0.316 e. The van der Waals surface area contributed by atoms with Crippen LogP contribution >= 0.6 is 0 Å². The normalized spacial score (nSPS) is 26.6. The molecule has 0 amide bonds. The number of carbonyl (C=O) groups is 1. The molecule has 1 aliphatic carbocycles. The summed E-state index contributed by atoms with van der Waals surface area (Å²) in [5.41, 5.74) is 0.289. The van der Waals surface area contributed by atoms with Gasteiger partial charge in [-0.2, -0.15) is 0 Å². The number of para-hydroxylation sites is 1.